The van der Waals surface area contributed by atoms with Crippen LogP contribution < -0.4 is 5.73 Å². The number of ether oxygens (including phenoxy) is 1. The third-order valence-corrected chi connectivity index (χ3v) is 6.63. The third kappa shape index (κ3) is 4.68. The Morgan fingerprint density at radius 1 is 1.28 bits per heavy atom. The summed E-state index contributed by atoms with van der Waals surface area (Å²) in [6.07, 6.45) is -1.50. The second-order valence-corrected chi connectivity index (χ2v) is 9.07. The molecule has 4 rings (SSSR count). The van der Waals surface area contributed by atoms with E-state index in [2.05, 4.69) is 10.1 Å². The van der Waals surface area contributed by atoms with Crippen LogP contribution in [-0.4, -0.2) is 69.2 Å². The number of halogens is 3. The van der Waals surface area contributed by atoms with E-state index in [0.29, 0.717) is 5.39 Å². The van der Waals surface area contributed by atoms with Gasteiger partial charge in [-0.15, -0.1) is 0 Å². The zero-order valence-electron chi connectivity index (χ0n) is 19.5. The van der Waals surface area contributed by atoms with E-state index >= 15 is 0 Å². The normalized spacial score (nSPS) is 20.6. The molecule has 1 aromatic carbocycles. The van der Waals surface area contributed by atoms with Crippen LogP contribution in [0.3, 0.4) is 0 Å². The molecule has 3 heterocycles. The molecule has 1 saturated heterocycles. The molecule has 0 unspecified atom stereocenters. The fourth-order valence-electron chi connectivity index (χ4n) is 4.63. The van der Waals surface area contributed by atoms with Gasteiger partial charge < -0.3 is 15.4 Å². The number of Topliss-reactive ketones (excluding diaryl/α,β-unsaturated/α-hetero) is 1. The maximum absolute atomic E-state index is 14.8. The molecule has 12 heteroatoms. The second kappa shape index (κ2) is 10.3. The number of carbonyl (C=O) groups is 3. The molecule has 1 aliphatic rings. The number of nitrogens with zero attached hydrogens (tertiary/aromatic N) is 4. The molecule has 4 atom stereocenters. The molecule has 0 spiro atoms. The molecule has 9 nitrogen and oxygen atoms in total. The lowest BCUT2D eigenvalue weighted by molar-refractivity contribution is -0.140. The first-order chi connectivity index (χ1) is 17.1. The van der Waals surface area contributed by atoms with E-state index < -0.39 is 54.2 Å². The number of hydrogen-bond acceptors (Lipinski definition) is 6. The molecular formula is C24H24ClF2N5O4. The number of primary amides is 1. The molecule has 190 valence electrons. The van der Waals surface area contributed by atoms with Crippen molar-refractivity contribution in [3.8, 4) is 0 Å². The van der Waals surface area contributed by atoms with Gasteiger partial charge in [-0.1, -0.05) is 30.7 Å². The number of likely N-dealkylation sites (tertiary alicyclic amines) is 1. The number of benzene rings is 1. The summed E-state index contributed by atoms with van der Waals surface area (Å²) in [5.74, 6) is -3.11. The summed E-state index contributed by atoms with van der Waals surface area (Å²) in [5, 5.41) is 4.39. The molecule has 0 aliphatic carbocycles. The number of alkyl halides is 1. The second-order valence-electron chi connectivity index (χ2n) is 8.67. The quantitative estimate of drug-likeness (QED) is 0.488. The Labute approximate surface area is 210 Å². The average Bonchev–Trinajstić information content (AvgIpc) is 3.38. The predicted molar refractivity (Wildman–Crippen MR) is 127 cm³/mol. The van der Waals surface area contributed by atoms with Gasteiger partial charge in [-0.3, -0.25) is 14.4 Å². The maximum atomic E-state index is 14.8. The van der Waals surface area contributed by atoms with E-state index in [-0.39, 0.29) is 34.9 Å². The van der Waals surface area contributed by atoms with E-state index in [1.54, 1.807) is 25.1 Å². The minimum Gasteiger partial charge on any atom is -0.376 e. The van der Waals surface area contributed by atoms with E-state index in [1.165, 1.54) is 30.1 Å². The molecule has 1 aliphatic heterocycles. The smallest absolute Gasteiger partial charge is 0.269 e. The van der Waals surface area contributed by atoms with Crippen LogP contribution in [0.1, 0.15) is 35.3 Å². The number of aromatic nitrogens is 3. The number of nitrogens with two attached hydrogens (primary N) is 1. The van der Waals surface area contributed by atoms with Crippen LogP contribution in [0.15, 0.2) is 36.5 Å². The molecule has 0 bridgehead atoms. The van der Waals surface area contributed by atoms with Gasteiger partial charge in [0, 0.05) is 19.7 Å². The lowest BCUT2D eigenvalue weighted by atomic mass is 9.91. The molecule has 2 aromatic heterocycles. The highest BCUT2D eigenvalue weighted by Crippen LogP contribution is 2.31. The van der Waals surface area contributed by atoms with Gasteiger partial charge in [0.2, 0.25) is 5.91 Å². The number of methoxy groups -OCH3 is 1. The van der Waals surface area contributed by atoms with Crippen molar-refractivity contribution in [2.75, 3.05) is 13.7 Å². The van der Waals surface area contributed by atoms with Crippen LogP contribution in [0.25, 0.3) is 11.0 Å². The molecule has 0 saturated carbocycles. The van der Waals surface area contributed by atoms with Crippen molar-refractivity contribution in [3.05, 3.63) is 58.6 Å². The van der Waals surface area contributed by atoms with Gasteiger partial charge in [-0.2, -0.15) is 5.10 Å². The summed E-state index contributed by atoms with van der Waals surface area (Å²) in [7, 11) is 1.26. The third-order valence-electron chi connectivity index (χ3n) is 6.34. The van der Waals surface area contributed by atoms with Gasteiger partial charge in [-0.25, -0.2) is 18.4 Å². The van der Waals surface area contributed by atoms with Gasteiger partial charge in [0.1, 0.15) is 30.7 Å². The molecule has 2 amide bonds. The number of fused-ring (bicyclic) bond motifs is 1. The van der Waals surface area contributed by atoms with Crippen LogP contribution in [0, 0.1) is 5.82 Å². The lowest BCUT2D eigenvalue weighted by Crippen LogP contribution is -2.47. The lowest BCUT2D eigenvalue weighted by Gasteiger charge is -2.27. The summed E-state index contributed by atoms with van der Waals surface area (Å²) >= 11 is 5.87. The van der Waals surface area contributed by atoms with E-state index in [1.807, 2.05) is 0 Å². The van der Waals surface area contributed by atoms with Crippen molar-refractivity contribution in [1.29, 1.82) is 0 Å². The number of hydrogen-bond donors (Lipinski definition) is 1. The minimum atomic E-state index is -1.61. The fraction of sp³-hybridized carbons (Fsp3) is 0.375. The number of ketones is 1. The first-order valence-corrected chi connectivity index (χ1v) is 11.6. The number of amides is 2. The summed E-state index contributed by atoms with van der Waals surface area (Å²) in [4.78, 5) is 43.6. The van der Waals surface area contributed by atoms with Crippen molar-refractivity contribution in [2.24, 2.45) is 5.73 Å². The predicted octanol–water partition coefficient (Wildman–Crippen LogP) is 2.65. The molecule has 0 radical (unpaired) electrons. The number of carbonyl (C=O) groups excluding carboxylic acids is 3. The highest BCUT2D eigenvalue weighted by Gasteiger charge is 2.48. The van der Waals surface area contributed by atoms with Gasteiger partial charge in [0.15, 0.2) is 17.1 Å². The summed E-state index contributed by atoms with van der Waals surface area (Å²) < 4.78 is 35.8. The topological polar surface area (TPSA) is 120 Å². The SMILES string of the molecule is CO[C@H]1[C@@H](C(=O)C[C@H](C)c2cccc(Cl)c2F)N(C(=O)Cn2nc(C(N)=O)c3cccnc32)C[C@@H]1F. The number of pyridine rings is 1. The molecule has 1 fully saturated rings. The van der Waals surface area contributed by atoms with E-state index in [9.17, 15) is 23.2 Å². The van der Waals surface area contributed by atoms with Crippen LogP contribution in [0.2, 0.25) is 5.02 Å². The van der Waals surface area contributed by atoms with E-state index in [0.717, 1.165) is 4.90 Å². The Bertz CT molecular complexity index is 1330. The Balaban J connectivity index is 1.59. The fourth-order valence-corrected chi connectivity index (χ4v) is 4.81. The zero-order chi connectivity index (χ0) is 26.1. The van der Waals surface area contributed by atoms with Gasteiger partial charge >= 0.3 is 0 Å². The first-order valence-electron chi connectivity index (χ1n) is 11.2. The molecular weight excluding hydrogens is 496 g/mol. The monoisotopic (exact) mass is 519 g/mol. The summed E-state index contributed by atoms with van der Waals surface area (Å²) in [6, 6.07) is 6.46. The van der Waals surface area contributed by atoms with Gasteiger partial charge in [0.05, 0.1) is 17.0 Å². The standard InChI is InChI=1S/C24H24ClF2N5O4/c1-12(13-5-3-7-15(25)19(13)27)9-17(33)21-22(36-2)16(26)10-31(21)18(34)11-32-24-14(6-4-8-29-24)20(30-32)23(28)35/h3-8,12,16,21-22H,9-11H2,1-2H3,(H2,28,35)/t12-,16-,21+,22+/m0/s1. The Morgan fingerprint density at radius 2 is 2.03 bits per heavy atom. The molecule has 3 aromatic rings. The maximum Gasteiger partial charge on any atom is 0.269 e. The highest BCUT2D eigenvalue weighted by molar-refractivity contribution is 6.30. The van der Waals surface area contributed by atoms with Crippen LogP contribution in [-0.2, 0) is 20.9 Å². The molecule has 2 N–H and O–H groups in total. The van der Waals surface area contributed by atoms with Crippen LogP contribution >= 0.6 is 11.6 Å². The molecule has 36 heavy (non-hydrogen) atoms. The zero-order valence-corrected chi connectivity index (χ0v) is 20.3. The number of rotatable bonds is 8. The Morgan fingerprint density at radius 3 is 2.72 bits per heavy atom. The highest BCUT2D eigenvalue weighted by atomic mass is 35.5. The van der Waals surface area contributed by atoms with Crippen LogP contribution in [0.4, 0.5) is 8.78 Å². The minimum absolute atomic E-state index is 0.0598. The largest absolute Gasteiger partial charge is 0.376 e. The Kier molecular flexibility index (Phi) is 7.32. The van der Waals surface area contributed by atoms with Gasteiger partial charge in [-0.05, 0) is 29.7 Å². The van der Waals surface area contributed by atoms with Crippen molar-refractivity contribution in [1.82, 2.24) is 19.7 Å². The van der Waals surface area contributed by atoms with Crippen molar-refractivity contribution in [2.45, 2.75) is 44.1 Å². The van der Waals surface area contributed by atoms with Crippen molar-refractivity contribution >= 4 is 40.2 Å². The van der Waals surface area contributed by atoms with Crippen LogP contribution in [0.5, 0.6) is 0 Å². The summed E-state index contributed by atoms with van der Waals surface area (Å²) in [6.45, 7) is 0.866. The first kappa shape index (κ1) is 25.6. The van der Waals surface area contributed by atoms with Gasteiger partial charge in [0.25, 0.3) is 5.91 Å². The summed E-state index contributed by atoms with van der Waals surface area (Å²) in [5.41, 5.74) is 5.82. The van der Waals surface area contributed by atoms with Crippen molar-refractivity contribution in [3.63, 3.8) is 0 Å². The van der Waals surface area contributed by atoms with E-state index in [4.69, 9.17) is 22.1 Å². The average molecular weight is 520 g/mol. The van der Waals surface area contributed by atoms with Crippen molar-refractivity contribution < 1.29 is 27.9 Å². The Hall–Kier alpha value is -3.44.